The molecule has 16 heteroatoms. The van der Waals surface area contributed by atoms with Gasteiger partial charge in [0.15, 0.2) is 0 Å². The number of ketones is 6. The van der Waals surface area contributed by atoms with Gasteiger partial charge >= 0.3 is 0 Å². The van der Waals surface area contributed by atoms with Gasteiger partial charge in [-0.2, -0.15) is 0 Å². The number of Topliss-reactive ketones (excluding diaryl/α,β-unsaturated/α-hetero) is 6. The maximum Gasteiger partial charge on any atom is 0.134 e. The Morgan fingerprint density at radius 1 is 0.302 bits per heavy atom. The first-order valence-corrected chi connectivity index (χ1v) is 24.7. The molecule has 0 aliphatic rings. The van der Waals surface area contributed by atoms with Crippen LogP contribution in [-0.4, -0.2) is 179 Å². The van der Waals surface area contributed by atoms with Crippen molar-refractivity contribution in [3.05, 3.63) is 0 Å². The molecule has 0 aromatic carbocycles. The lowest BCUT2D eigenvalue weighted by Crippen LogP contribution is -2.37. The number of hydrogen-bond donors (Lipinski definition) is 6. The minimum absolute atomic E-state index is 0.189. The lowest BCUT2D eigenvalue weighted by molar-refractivity contribution is -0.121. The van der Waals surface area contributed by atoms with E-state index in [0.29, 0.717) is 181 Å². The molecule has 0 atom stereocenters. The molecule has 0 saturated carbocycles. The molecule has 0 aromatic heterocycles. The van der Waals surface area contributed by atoms with Gasteiger partial charge in [0.2, 0.25) is 0 Å². The molecule has 0 aliphatic carbocycles. The molecule has 0 spiro atoms. The first-order chi connectivity index (χ1) is 30.5. The monoisotopic (exact) mass is 895 g/mol. The van der Waals surface area contributed by atoms with Gasteiger partial charge in [0, 0.05) is 116 Å². The topological polar surface area (TPSA) is 258 Å². The van der Waals surface area contributed by atoms with Gasteiger partial charge in [-0.25, -0.2) is 0 Å². The van der Waals surface area contributed by atoms with Crippen LogP contribution in [0.1, 0.15) is 142 Å². The van der Waals surface area contributed by atoms with Gasteiger partial charge in [-0.05, 0) is 143 Å². The molecule has 0 fully saturated rings. The highest BCUT2D eigenvalue weighted by atomic mass is 16.1. The van der Waals surface area contributed by atoms with Crippen molar-refractivity contribution in [3.8, 4) is 0 Å². The minimum atomic E-state index is 0.189. The van der Waals surface area contributed by atoms with Gasteiger partial charge in [-0.3, -0.25) is 28.8 Å². The van der Waals surface area contributed by atoms with Crippen molar-refractivity contribution in [2.75, 3.05) is 124 Å². The Hall–Kier alpha value is -2.38. The third-order valence-electron chi connectivity index (χ3n) is 11.4. The van der Waals surface area contributed by atoms with Crippen molar-refractivity contribution < 1.29 is 28.8 Å². The number of nitrogens with two attached hydrogens (primary N) is 5. The van der Waals surface area contributed by atoms with Gasteiger partial charge in [-0.1, -0.05) is 6.92 Å². The smallest absolute Gasteiger partial charge is 0.134 e. The van der Waals surface area contributed by atoms with Crippen LogP contribution in [-0.2, 0) is 28.8 Å². The Labute approximate surface area is 382 Å². The molecule has 63 heavy (non-hydrogen) atoms. The summed E-state index contributed by atoms with van der Waals surface area (Å²) in [4.78, 5) is 85.0. The number of carbonyl (C=O) groups excluding carboxylic acids is 6. The molecule has 16 nitrogen and oxygen atoms in total. The number of carbonyl (C=O) groups is 6. The lowest BCUT2D eigenvalue weighted by Gasteiger charge is -2.28. The Balaban J connectivity index is 5.96. The highest BCUT2D eigenvalue weighted by Gasteiger charge is 2.17. The van der Waals surface area contributed by atoms with Crippen molar-refractivity contribution in [1.82, 2.24) is 24.9 Å². The quantitative estimate of drug-likeness (QED) is 0.0479. The largest absolute Gasteiger partial charge is 0.330 e. The second kappa shape index (κ2) is 43.5. The molecule has 0 rings (SSSR count). The van der Waals surface area contributed by atoms with Crippen LogP contribution < -0.4 is 34.0 Å². The van der Waals surface area contributed by atoms with E-state index in [-0.39, 0.29) is 34.7 Å². The summed E-state index contributed by atoms with van der Waals surface area (Å²) in [5.41, 5.74) is 28.2. The average molecular weight is 895 g/mol. The highest BCUT2D eigenvalue weighted by molar-refractivity contribution is 5.80. The van der Waals surface area contributed by atoms with Crippen molar-refractivity contribution in [2.45, 2.75) is 142 Å². The van der Waals surface area contributed by atoms with Crippen LogP contribution in [0.2, 0.25) is 0 Å². The van der Waals surface area contributed by atoms with Crippen LogP contribution in [0.3, 0.4) is 0 Å². The second-order valence-corrected chi connectivity index (χ2v) is 17.1. The highest BCUT2D eigenvalue weighted by Crippen LogP contribution is 2.09. The fraction of sp³-hybridized carbons (Fsp3) is 0.872. The minimum Gasteiger partial charge on any atom is -0.330 e. The van der Waals surface area contributed by atoms with E-state index in [4.69, 9.17) is 28.7 Å². The van der Waals surface area contributed by atoms with Gasteiger partial charge in [0.05, 0.1) is 0 Å². The third-order valence-corrected chi connectivity index (χ3v) is 11.4. The summed E-state index contributed by atoms with van der Waals surface area (Å²) in [6.07, 6.45) is 12.3. The third kappa shape index (κ3) is 38.6. The number of nitrogens with zero attached hydrogens (tertiary/aromatic N) is 4. The fourth-order valence-electron chi connectivity index (χ4n) is 7.43. The molecule has 0 unspecified atom stereocenters. The van der Waals surface area contributed by atoms with Crippen LogP contribution in [0, 0.1) is 0 Å². The van der Waals surface area contributed by atoms with Gasteiger partial charge in [0.1, 0.15) is 34.7 Å². The zero-order chi connectivity index (χ0) is 46.8. The molecular formula is C47H94N10O6. The van der Waals surface area contributed by atoms with Crippen LogP contribution >= 0.6 is 0 Å². The normalized spacial score (nSPS) is 11.7. The van der Waals surface area contributed by atoms with Gasteiger partial charge in [0.25, 0.3) is 0 Å². The van der Waals surface area contributed by atoms with Gasteiger partial charge < -0.3 is 53.6 Å². The Morgan fingerprint density at radius 3 is 0.714 bits per heavy atom. The second-order valence-electron chi connectivity index (χ2n) is 17.1. The predicted molar refractivity (Wildman–Crippen MR) is 257 cm³/mol. The summed E-state index contributed by atoms with van der Waals surface area (Å²) in [5.74, 6) is 1.20. The van der Waals surface area contributed by atoms with Crippen LogP contribution in [0.5, 0.6) is 0 Å². The summed E-state index contributed by atoms with van der Waals surface area (Å²) in [6, 6.07) is 0. The van der Waals surface area contributed by atoms with Crippen molar-refractivity contribution in [2.24, 2.45) is 28.7 Å². The molecule has 0 aromatic rings. The Bertz CT molecular complexity index is 1090. The summed E-state index contributed by atoms with van der Waals surface area (Å²) >= 11 is 0. The molecule has 0 bridgehead atoms. The van der Waals surface area contributed by atoms with Crippen LogP contribution in [0.15, 0.2) is 0 Å². The molecule has 11 N–H and O–H groups in total. The zero-order valence-corrected chi connectivity index (χ0v) is 39.9. The van der Waals surface area contributed by atoms with Crippen molar-refractivity contribution in [1.29, 1.82) is 0 Å². The number of rotatable bonds is 50. The van der Waals surface area contributed by atoms with E-state index in [2.05, 4.69) is 31.8 Å². The summed E-state index contributed by atoms with van der Waals surface area (Å²) < 4.78 is 0. The van der Waals surface area contributed by atoms with Crippen LogP contribution in [0.4, 0.5) is 0 Å². The molecule has 0 amide bonds. The van der Waals surface area contributed by atoms with E-state index < -0.39 is 0 Å². The lowest BCUT2D eigenvalue weighted by atomic mass is 10.1. The first-order valence-electron chi connectivity index (χ1n) is 24.7. The van der Waals surface area contributed by atoms with E-state index in [1.165, 1.54) is 0 Å². The SMILES string of the molecule is CCNCCCC(=O)CCN(CCCN(CCCN(CCC(=O)CCCN)CCC(=O)CCCN)CCCN(CCC(=O)CCCN)CCC(=O)CCCN)CCC(=O)CCCN. The average Bonchev–Trinajstić information content (AvgIpc) is 3.28. The summed E-state index contributed by atoms with van der Waals surface area (Å²) in [6.45, 7) is 14.5. The van der Waals surface area contributed by atoms with Crippen molar-refractivity contribution in [3.63, 3.8) is 0 Å². The maximum absolute atomic E-state index is 12.8. The summed E-state index contributed by atoms with van der Waals surface area (Å²) in [5, 5.41) is 3.28. The van der Waals surface area contributed by atoms with Gasteiger partial charge in [-0.15, -0.1) is 0 Å². The van der Waals surface area contributed by atoms with E-state index in [9.17, 15) is 28.8 Å². The molecule has 0 heterocycles. The Morgan fingerprint density at radius 2 is 0.508 bits per heavy atom. The summed E-state index contributed by atoms with van der Waals surface area (Å²) in [7, 11) is 0. The zero-order valence-electron chi connectivity index (χ0n) is 39.9. The van der Waals surface area contributed by atoms with E-state index in [0.717, 1.165) is 78.0 Å². The number of nitrogens with one attached hydrogen (secondary N) is 1. The first kappa shape index (κ1) is 60.6. The van der Waals surface area contributed by atoms with E-state index >= 15 is 0 Å². The Kier molecular flexibility index (Phi) is 41.9. The molecular weight excluding hydrogens is 801 g/mol. The fourth-order valence-corrected chi connectivity index (χ4v) is 7.43. The molecule has 0 saturated heterocycles. The van der Waals surface area contributed by atoms with E-state index in [1.807, 2.05) is 0 Å². The van der Waals surface area contributed by atoms with Crippen LogP contribution in [0.25, 0.3) is 0 Å². The molecule has 368 valence electrons. The predicted octanol–water partition coefficient (Wildman–Crippen LogP) is 2.20. The molecule has 0 radical (unpaired) electrons. The van der Waals surface area contributed by atoms with Crippen molar-refractivity contribution >= 4 is 34.7 Å². The molecule has 0 aliphatic heterocycles. The maximum atomic E-state index is 12.8. The van der Waals surface area contributed by atoms with E-state index in [1.54, 1.807) is 0 Å². The number of hydrogen-bond acceptors (Lipinski definition) is 16. The standard InChI is InChI=1S/C47H94N10O6/c1-2-53-29-8-17-47(63)23-41-57(40-22-46(62)16-7-28-52)35-11-32-54(30-9-33-55(36-18-42(58)12-3-24-48)37-19-43(59)13-4-25-49)31-10-34-56(38-20-44(60)14-5-26-50)39-21-45(61)15-6-27-51/h53H,2-41,48-52H2,1H3.